The lowest BCUT2D eigenvalue weighted by molar-refractivity contribution is 0.660. The van der Waals surface area contributed by atoms with Crippen molar-refractivity contribution in [2.75, 3.05) is 4.90 Å². The second-order valence-corrected chi connectivity index (χ2v) is 16.5. The number of para-hydroxylation sites is 1. The molecule has 0 unspecified atom stereocenters. The zero-order chi connectivity index (χ0) is 40.2. The van der Waals surface area contributed by atoms with E-state index in [1.54, 1.807) is 0 Å². The maximum absolute atomic E-state index is 2.53. The molecular formula is C59H43N. The van der Waals surface area contributed by atoms with Crippen LogP contribution >= 0.6 is 0 Å². The standard InChI is InChI=1S/C59H43N/c1-59(2)54-27-15-13-24-50(54)51-38-35-45(39-55(51)59)57-52-25-11-9-22-48(52)49-23-10-12-26-53(49)58(57)60(56-28-16-14-21-47(56)44-19-7-4-8-20-44)46-36-33-43(34-37-46)42-31-29-41(30-32-42)40-17-5-3-6-18-40/h3-39H,1-2H3. The molecule has 1 nitrogen and oxygen atoms in total. The molecule has 284 valence electrons. The highest BCUT2D eigenvalue weighted by Gasteiger charge is 2.36. The molecule has 60 heavy (non-hydrogen) atoms. The topological polar surface area (TPSA) is 3.24 Å². The van der Waals surface area contributed by atoms with E-state index in [9.17, 15) is 0 Å². The van der Waals surface area contributed by atoms with Gasteiger partial charge in [-0.1, -0.05) is 214 Å². The van der Waals surface area contributed by atoms with Gasteiger partial charge >= 0.3 is 0 Å². The third kappa shape index (κ3) is 5.85. The van der Waals surface area contributed by atoms with E-state index in [1.807, 2.05) is 0 Å². The maximum Gasteiger partial charge on any atom is 0.0625 e. The van der Waals surface area contributed by atoms with Crippen LogP contribution in [0.2, 0.25) is 0 Å². The zero-order valence-corrected chi connectivity index (χ0v) is 33.8. The van der Waals surface area contributed by atoms with Gasteiger partial charge in [-0.15, -0.1) is 0 Å². The number of benzene rings is 10. The molecule has 0 N–H and O–H groups in total. The van der Waals surface area contributed by atoms with Crippen LogP contribution in [0.4, 0.5) is 17.1 Å². The Bertz CT molecular complexity index is 3200. The SMILES string of the molecule is CC1(C)c2ccccc2-c2ccc(-c3c(N(c4ccc(-c5ccc(-c6ccccc6)cc5)cc4)c4ccccc4-c4ccccc4)c4ccccc4c4ccccc34)cc21. The fourth-order valence-electron chi connectivity index (χ4n) is 9.71. The molecule has 10 aromatic rings. The Labute approximate surface area is 352 Å². The van der Waals surface area contributed by atoms with Crippen LogP contribution in [0.25, 0.3) is 77.2 Å². The minimum atomic E-state index is -0.135. The quantitative estimate of drug-likeness (QED) is 0.146. The molecule has 0 fully saturated rings. The maximum atomic E-state index is 2.53. The average Bonchev–Trinajstić information content (AvgIpc) is 3.55. The van der Waals surface area contributed by atoms with Gasteiger partial charge in [-0.05, 0) is 96.1 Å². The highest BCUT2D eigenvalue weighted by molar-refractivity contribution is 6.23. The molecule has 0 saturated carbocycles. The summed E-state index contributed by atoms with van der Waals surface area (Å²) in [4.78, 5) is 2.53. The predicted octanol–water partition coefficient (Wildman–Crippen LogP) is 16.4. The summed E-state index contributed by atoms with van der Waals surface area (Å²) in [5.41, 5.74) is 18.3. The van der Waals surface area contributed by atoms with Gasteiger partial charge in [0, 0.05) is 27.6 Å². The molecule has 0 amide bonds. The summed E-state index contributed by atoms with van der Waals surface area (Å²) in [6.07, 6.45) is 0. The molecule has 0 radical (unpaired) electrons. The molecule has 0 spiro atoms. The van der Waals surface area contributed by atoms with Crippen LogP contribution in [-0.2, 0) is 5.41 Å². The number of anilines is 3. The van der Waals surface area contributed by atoms with E-state index in [-0.39, 0.29) is 5.41 Å². The summed E-state index contributed by atoms with van der Waals surface area (Å²) in [7, 11) is 0. The lowest BCUT2D eigenvalue weighted by Crippen LogP contribution is -2.15. The number of rotatable bonds is 7. The lowest BCUT2D eigenvalue weighted by atomic mass is 9.81. The van der Waals surface area contributed by atoms with Gasteiger partial charge in [-0.2, -0.15) is 0 Å². The summed E-state index contributed by atoms with van der Waals surface area (Å²) in [6, 6.07) is 82.5. The fourth-order valence-corrected chi connectivity index (χ4v) is 9.71. The number of hydrogen-bond acceptors (Lipinski definition) is 1. The van der Waals surface area contributed by atoms with Crippen LogP contribution < -0.4 is 4.90 Å². The number of hydrogen-bond donors (Lipinski definition) is 0. The first-order valence-corrected chi connectivity index (χ1v) is 20.9. The molecule has 0 aromatic heterocycles. The molecule has 0 heterocycles. The fraction of sp³-hybridized carbons (Fsp3) is 0.0508. The number of fused-ring (bicyclic) bond motifs is 6. The molecule has 0 aliphatic heterocycles. The zero-order valence-electron chi connectivity index (χ0n) is 33.8. The number of nitrogens with zero attached hydrogens (tertiary/aromatic N) is 1. The van der Waals surface area contributed by atoms with E-state index in [0.717, 1.165) is 11.4 Å². The summed E-state index contributed by atoms with van der Waals surface area (Å²) >= 11 is 0. The lowest BCUT2D eigenvalue weighted by Gasteiger charge is -2.32. The van der Waals surface area contributed by atoms with E-state index >= 15 is 0 Å². The Kier molecular flexibility index (Phi) is 8.57. The molecule has 10 aromatic carbocycles. The smallest absolute Gasteiger partial charge is 0.0625 e. The molecular weight excluding hydrogens is 723 g/mol. The Morgan fingerprint density at radius 2 is 0.767 bits per heavy atom. The van der Waals surface area contributed by atoms with Gasteiger partial charge in [0.25, 0.3) is 0 Å². The van der Waals surface area contributed by atoms with Crippen molar-refractivity contribution in [2.45, 2.75) is 19.3 Å². The molecule has 0 bridgehead atoms. The van der Waals surface area contributed by atoms with Crippen molar-refractivity contribution in [3.8, 4) is 55.6 Å². The molecule has 1 aliphatic rings. The van der Waals surface area contributed by atoms with Crippen molar-refractivity contribution in [1.29, 1.82) is 0 Å². The van der Waals surface area contributed by atoms with Gasteiger partial charge < -0.3 is 4.90 Å². The van der Waals surface area contributed by atoms with Gasteiger partial charge in [0.1, 0.15) is 0 Å². The van der Waals surface area contributed by atoms with Gasteiger partial charge in [-0.3, -0.25) is 0 Å². The van der Waals surface area contributed by atoms with Crippen LogP contribution in [0.3, 0.4) is 0 Å². The summed E-state index contributed by atoms with van der Waals surface area (Å²) in [5.74, 6) is 0. The Morgan fingerprint density at radius 3 is 1.43 bits per heavy atom. The second kappa shape index (κ2) is 14.4. The van der Waals surface area contributed by atoms with Gasteiger partial charge in [0.05, 0.1) is 11.4 Å². The van der Waals surface area contributed by atoms with Gasteiger partial charge in [0.2, 0.25) is 0 Å². The van der Waals surface area contributed by atoms with Crippen molar-refractivity contribution < 1.29 is 0 Å². The van der Waals surface area contributed by atoms with Crippen molar-refractivity contribution in [3.05, 3.63) is 236 Å². The highest BCUT2D eigenvalue weighted by atomic mass is 15.1. The molecule has 11 rings (SSSR count). The molecule has 0 saturated heterocycles. The monoisotopic (exact) mass is 765 g/mol. The Balaban J connectivity index is 1.17. The van der Waals surface area contributed by atoms with Crippen LogP contribution in [0.5, 0.6) is 0 Å². The van der Waals surface area contributed by atoms with E-state index < -0.39 is 0 Å². The molecule has 1 heteroatoms. The molecule has 1 aliphatic carbocycles. The summed E-state index contributed by atoms with van der Waals surface area (Å²) in [5, 5.41) is 4.92. The molecule has 0 atom stereocenters. The minimum absolute atomic E-state index is 0.135. The van der Waals surface area contributed by atoms with Crippen LogP contribution in [-0.4, -0.2) is 0 Å². The normalized spacial score (nSPS) is 12.6. The first-order valence-electron chi connectivity index (χ1n) is 20.9. The van der Waals surface area contributed by atoms with Crippen LogP contribution in [0.1, 0.15) is 25.0 Å². The van der Waals surface area contributed by atoms with Crippen molar-refractivity contribution >= 4 is 38.6 Å². The minimum Gasteiger partial charge on any atom is -0.309 e. The summed E-state index contributed by atoms with van der Waals surface area (Å²) in [6.45, 7) is 4.75. The summed E-state index contributed by atoms with van der Waals surface area (Å²) < 4.78 is 0. The highest BCUT2D eigenvalue weighted by Crippen LogP contribution is 2.54. The first kappa shape index (κ1) is 35.7. The predicted molar refractivity (Wildman–Crippen MR) is 255 cm³/mol. The van der Waals surface area contributed by atoms with Crippen molar-refractivity contribution in [1.82, 2.24) is 0 Å². The second-order valence-electron chi connectivity index (χ2n) is 16.5. The third-order valence-electron chi connectivity index (χ3n) is 12.7. The van der Waals surface area contributed by atoms with E-state index in [4.69, 9.17) is 0 Å². The largest absolute Gasteiger partial charge is 0.309 e. The van der Waals surface area contributed by atoms with Crippen molar-refractivity contribution in [3.63, 3.8) is 0 Å². The van der Waals surface area contributed by atoms with Crippen LogP contribution in [0, 0.1) is 0 Å². The van der Waals surface area contributed by atoms with Crippen LogP contribution in [0.15, 0.2) is 224 Å². The van der Waals surface area contributed by atoms with E-state index in [2.05, 4.69) is 243 Å². The average molecular weight is 766 g/mol. The first-order chi connectivity index (χ1) is 29.5. The van der Waals surface area contributed by atoms with Crippen molar-refractivity contribution in [2.24, 2.45) is 0 Å². The third-order valence-corrected chi connectivity index (χ3v) is 12.7. The van der Waals surface area contributed by atoms with Gasteiger partial charge in [0.15, 0.2) is 0 Å². The van der Waals surface area contributed by atoms with E-state index in [0.29, 0.717) is 0 Å². The van der Waals surface area contributed by atoms with Gasteiger partial charge in [-0.25, -0.2) is 0 Å². The Morgan fingerprint density at radius 1 is 0.317 bits per heavy atom. The Hall–Kier alpha value is -7.48. The van der Waals surface area contributed by atoms with E-state index in [1.165, 1.54) is 94.0 Å².